The molecule has 0 aliphatic heterocycles. The molecule has 1 aliphatic rings. The smallest absolute Gasteiger partial charge is 0.0518 e. The van der Waals surface area contributed by atoms with E-state index in [9.17, 15) is 0 Å². The Hall–Kier alpha value is -0.380. The lowest BCUT2D eigenvalue weighted by Crippen LogP contribution is -2.32. The van der Waals surface area contributed by atoms with E-state index < -0.39 is 0 Å². The van der Waals surface area contributed by atoms with Crippen LogP contribution in [0.1, 0.15) is 36.6 Å². The number of nitrogens with two attached hydrogens (primary N) is 1. The molecule has 0 spiro atoms. The predicted molar refractivity (Wildman–Crippen MR) is 70.7 cm³/mol. The van der Waals surface area contributed by atoms with Crippen LogP contribution < -0.4 is 5.73 Å². The summed E-state index contributed by atoms with van der Waals surface area (Å²) in [6, 6.07) is 4.40. The van der Waals surface area contributed by atoms with Gasteiger partial charge in [-0.15, -0.1) is 11.3 Å². The van der Waals surface area contributed by atoms with Gasteiger partial charge in [-0.2, -0.15) is 0 Å². The summed E-state index contributed by atoms with van der Waals surface area (Å²) in [5.74, 6) is 0.917. The number of nitrogens with zero attached hydrogens (tertiary/aromatic N) is 1. The average molecular weight is 238 g/mol. The summed E-state index contributed by atoms with van der Waals surface area (Å²) >= 11 is 1.76. The molecule has 16 heavy (non-hydrogen) atoms. The Morgan fingerprint density at radius 2 is 2.25 bits per heavy atom. The third-order valence-electron chi connectivity index (χ3n) is 3.46. The van der Waals surface area contributed by atoms with E-state index in [1.165, 1.54) is 37.1 Å². The van der Waals surface area contributed by atoms with Crippen LogP contribution in [0.5, 0.6) is 0 Å². The van der Waals surface area contributed by atoms with Crippen LogP contribution >= 0.6 is 11.3 Å². The molecule has 2 nitrogen and oxygen atoms in total. The van der Waals surface area contributed by atoms with Crippen LogP contribution in [0.4, 0.5) is 0 Å². The third kappa shape index (κ3) is 3.30. The van der Waals surface area contributed by atoms with Gasteiger partial charge in [-0.25, -0.2) is 0 Å². The van der Waals surface area contributed by atoms with E-state index in [1.807, 2.05) is 0 Å². The highest BCUT2D eigenvalue weighted by Gasteiger charge is 2.18. The van der Waals surface area contributed by atoms with E-state index in [4.69, 9.17) is 5.73 Å². The molecule has 1 heterocycles. The Morgan fingerprint density at radius 3 is 2.88 bits per heavy atom. The molecule has 0 amide bonds. The number of hydrogen-bond donors (Lipinski definition) is 1. The summed E-state index contributed by atoms with van der Waals surface area (Å²) in [4.78, 5) is 3.71. The highest BCUT2D eigenvalue weighted by Crippen LogP contribution is 2.25. The van der Waals surface area contributed by atoms with Crippen molar-refractivity contribution in [3.05, 3.63) is 22.4 Å². The van der Waals surface area contributed by atoms with Crippen molar-refractivity contribution in [1.29, 1.82) is 0 Å². The van der Waals surface area contributed by atoms with Gasteiger partial charge in [0, 0.05) is 18.0 Å². The molecule has 0 radical (unpaired) electrons. The highest BCUT2D eigenvalue weighted by atomic mass is 32.1. The van der Waals surface area contributed by atoms with Crippen molar-refractivity contribution in [2.75, 3.05) is 20.1 Å². The van der Waals surface area contributed by atoms with Crippen LogP contribution in [0.3, 0.4) is 0 Å². The summed E-state index contributed by atoms with van der Waals surface area (Å²) in [6.45, 7) is 2.20. The standard InChI is InChI=1S/C13H22N2S/c1-15(9-11-5-2-3-6-11)10-12(14)13-7-4-8-16-13/h4,7-8,11-12H,2-3,5-6,9-10,14H2,1H3. The molecule has 1 fully saturated rings. The molecule has 1 saturated carbocycles. The predicted octanol–water partition coefficient (Wildman–Crippen LogP) is 2.87. The molecular formula is C13H22N2S. The van der Waals surface area contributed by atoms with Crippen molar-refractivity contribution in [3.8, 4) is 0 Å². The maximum Gasteiger partial charge on any atom is 0.0518 e. The third-order valence-corrected chi connectivity index (χ3v) is 4.47. The molecule has 90 valence electrons. The normalized spacial score (nSPS) is 19.4. The Bertz CT molecular complexity index is 291. The Kier molecular flexibility index (Phi) is 4.38. The number of likely N-dealkylation sites (N-methyl/N-ethyl adjacent to an activating group) is 1. The minimum absolute atomic E-state index is 0.186. The first kappa shape index (κ1) is 12.1. The largest absolute Gasteiger partial charge is 0.322 e. The quantitative estimate of drug-likeness (QED) is 0.854. The van der Waals surface area contributed by atoms with E-state index in [0.717, 1.165) is 12.5 Å². The molecule has 1 aromatic rings. The minimum atomic E-state index is 0.186. The van der Waals surface area contributed by atoms with Gasteiger partial charge in [0.2, 0.25) is 0 Å². The van der Waals surface area contributed by atoms with Crippen LogP contribution in [-0.4, -0.2) is 25.0 Å². The first-order chi connectivity index (χ1) is 7.75. The molecule has 0 bridgehead atoms. The van der Waals surface area contributed by atoms with Gasteiger partial charge in [-0.05, 0) is 37.3 Å². The monoisotopic (exact) mass is 238 g/mol. The van der Waals surface area contributed by atoms with Crippen LogP contribution in [0.15, 0.2) is 17.5 Å². The van der Waals surface area contributed by atoms with Gasteiger partial charge >= 0.3 is 0 Å². The van der Waals surface area contributed by atoms with Crippen molar-refractivity contribution in [3.63, 3.8) is 0 Å². The average Bonchev–Trinajstić information content (AvgIpc) is 2.88. The molecule has 1 unspecified atom stereocenters. The molecule has 1 aromatic heterocycles. The Morgan fingerprint density at radius 1 is 1.50 bits per heavy atom. The van der Waals surface area contributed by atoms with Crippen LogP contribution in [-0.2, 0) is 0 Å². The number of rotatable bonds is 5. The fourth-order valence-electron chi connectivity index (χ4n) is 2.64. The van der Waals surface area contributed by atoms with Crippen molar-refractivity contribution >= 4 is 11.3 Å². The van der Waals surface area contributed by atoms with Gasteiger partial charge < -0.3 is 10.6 Å². The lowest BCUT2D eigenvalue weighted by molar-refractivity contribution is 0.264. The fraction of sp³-hybridized carbons (Fsp3) is 0.692. The van der Waals surface area contributed by atoms with E-state index in [0.29, 0.717) is 0 Å². The van der Waals surface area contributed by atoms with Crippen molar-refractivity contribution < 1.29 is 0 Å². The van der Waals surface area contributed by atoms with Crippen molar-refractivity contribution in [2.45, 2.75) is 31.7 Å². The molecule has 1 aliphatic carbocycles. The summed E-state index contributed by atoms with van der Waals surface area (Å²) in [6.07, 6.45) is 5.68. The van der Waals surface area contributed by atoms with Crippen LogP contribution in [0.2, 0.25) is 0 Å². The molecule has 2 rings (SSSR count). The molecule has 0 saturated heterocycles. The molecule has 0 aromatic carbocycles. The maximum atomic E-state index is 6.18. The van der Waals surface area contributed by atoms with Crippen molar-refractivity contribution in [1.82, 2.24) is 4.90 Å². The first-order valence-corrected chi connectivity index (χ1v) is 7.11. The van der Waals surface area contributed by atoms with E-state index in [1.54, 1.807) is 11.3 Å². The lowest BCUT2D eigenvalue weighted by Gasteiger charge is -2.23. The van der Waals surface area contributed by atoms with Crippen LogP contribution in [0, 0.1) is 5.92 Å². The zero-order valence-corrected chi connectivity index (χ0v) is 10.9. The number of thiophene rings is 1. The second kappa shape index (κ2) is 5.80. The second-order valence-electron chi connectivity index (χ2n) is 4.99. The number of hydrogen-bond acceptors (Lipinski definition) is 3. The molecular weight excluding hydrogens is 216 g/mol. The second-order valence-corrected chi connectivity index (χ2v) is 5.97. The summed E-state index contributed by atoms with van der Waals surface area (Å²) < 4.78 is 0. The molecule has 1 atom stereocenters. The van der Waals surface area contributed by atoms with E-state index in [2.05, 4.69) is 29.5 Å². The van der Waals surface area contributed by atoms with Gasteiger partial charge in [0.25, 0.3) is 0 Å². The van der Waals surface area contributed by atoms with E-state index in [-0.39, 0.29) is 6.04 Å². The first-order valence-electron chi connectivity index (χ1n) is 6.23. The summed E-state index contributed by atoms with van der Waals surface area (Å²) in [7, 11) is 2.20. The highest BCUT2D eigenvalue weighted by molar-refractivity contribution is 7.10. The van der Waals surface area contributed by atoms with Gasteiger partial charge in [0.05, 0.1) is 6.04 Å². The van der Waals surface area contributed by atoms with Gasteiger partial charge in [0.1, 0.15) is 0 Å². The fourth-order valence-corrected chi connectivity index (χ4v) is 3.36. The minimum Gasteiger partial charge on any atom is -0.322 e. The lowest BCUT2D eigenvalue weighted by atomic mass is 10.1. The van der Waals surface area contributed by atoms with E-state index >= 15 is 0 Å². The zero-order valence-electron chi connectivity index (χ0n) is 10.1. The van der Waals surface area contributed by atoms with Gasteiger partial charge in [-0.1, -0.05) is 18.9 Å². The summed E-state index contributed by atoms with van der Waals surface area (Å²) in [5, 5.41) is 2.10. The Labute approximate surface area is 102 Å². The summed E-state index contributed by atoms with van der Waals surface area (Å²) in [5.41, 5.74) is 6.18. The van der Waals surface area contributed by atoms with Gasteiger partial charge in [-0.3, -0.25) is 0 Å². The van der Waals surface area contributed by atoms with Crippen molar-refractivity contribution in [2.24, 2.45) is 11.7 Å². The maximum absolute atomic E-state index is 6.18. The topological polar surface area (TPSA) is 29.3 Å². The van der Waals surface area contributed by atoms with Gasteiger partial charge in [0.15, 0.2) is 0 Å². The molecule has 2 N–H and O–H groups in total. The SMILES string of the molecule is CN(CC1CCCC1)CC(N)c1cccs1. The van der Waals surface area contributed by atoms with Crippen LogP contribution in [0.25, 0.3) is 0 Å². The zero-order chi connectivity index (χ0) is 11.4. The Balaban J connectivity index is 1.75. The molecule has 3 heteroatoms.